The molecule has 3 heteroatoms. The monoisotopic (exact) mass is 209 g/mol. The van der Waals surface area contributed by atoms with Crippen LogP contribution in [0.4, 0.5) is 8.78 Å². The molecule has 1 N–H and O–H groups in total. The van der Waals surface area contributed by atoms with E-state index in [1.165, 1.54) is 25.0 Å². The van der Waals surface area contributed by atoms with Crippen LogP contribution < -0.4 is 5.32 Å². The van der Waals surface area contributed by atoms with Crippen LogP contribution in [-0.4, -0.2) is 6.04 Å². The van der Waals surface area contributed by atoms with Crippen LogP contribution in [-0.2, 0) is 6.42 Å². The van der Waals surface area contributed by atoms with E-state index >= 15 is 0 Å². The largest absolute Gasteiger partial charge is 0.307 e. The van der Waals surface area contributed by atoms with Crippen molar-refractivity contribution in [2.75, 3.05) is 0 Å². The first-order valence-corrected chi connectivity index (χ1v) is 5.48. The van der Waals surface area contributed by atoms with E-state index in [1.807, 2.05) is 0 Å². The topological polar surface area (TPSA) is 12.0 Å². The predicted octanol–water partition coefficient (Wildman–Crippen LogP) is 2.70. The number of rotatable bonds is 2. The van der Waals surface area contributed by atoms with Crippen molar-refractivity contribution in [1.82, 2.24) is 5.32 Å². The van der Waals surface area contributed by atoms with Gasteiger partial charge in [0, 0.05) is 17.6 Å². The van der Waals surface area contributed by atoms with E-state index in [2.05, 4.69) is 5.32 Å². The standard InChI is InChI=1S/C12H13F2N/c13-9-4-5-10(14)12-8(9)3-6-11(12)15-7-1-2-7/h4-5,7,11,15H,1-3,6H2. The first-order chi connectivity index (χ1) is 7.25. The van der Waals surface area contributed by atoms with Crippen LogP contribution in [0.2, 0.25) is 0 Å². The van der Waals surface area contributed by atoms with Crippen molar-refractivity contribution in [3.63, 3.8) is 0 Å². The Morgan fingerprint density at radius 1 is 1.07 bits per heavy atom. The fourth-order valence-corrected chi connectivity index (χ4v) is 2.37. The molecular formula is C12H13F2N. The van der Waals surface area contributed by atoms with E-state index in [1.54, 1.807) is 0 Å². The van der Waals surface area contributed by atoms with Crippen LogP contribution in [0, 0.1) is 11.6 Å². The normalized spacial score (nSPS) is 24.3. The van der Waals surface area contributed by atoms with Crippen LogP contribution in [0.25, 0.3) is 0 Å². The second-order valence-corrected chi connectivity index (χ2v) is 4.45. The summed E-state index contributed by atoms with van der Waals surface area (Å²) in [6.07, 6.45) is 3.82. The van der Waals surface area contributed by atoms with Crippen LogP contribution in [0.3, 0.4) is 0 Å². The molecule has 2 aliphatic carbocycles. The molecule has 1 fully saturated rings. The summed E-state index contributed by atoms with van der Waals surface area (Å²) in [4.78, 5) is 0. The number of hydrogen-bond acceptors (Lipinski definition) is 1. The lowest BCUT2D eigenvalue weighted by Crippen LogP contribution is -2.22. The Morgan fingerprint density at radius 3 is 2.53 bits per heavy atom. The maximum Gasteiger partial charge on any atom is 0.128 e. The average molecular weight is 209 g/mol. The van der Waals surface area contributed by atoms with E-state index in [9.17, 15) is 8.78 Å². The van der Waals surface area contributed by atoms with Gasteiger partial charge in [0.2, 0.25) is 0 Å². The van der Waals surface area contributed by atoms with Crippen molar-refractivity contribution >= 4 is 0 Å². The van der Waals surface area contributed by atoms with Crippen molar-refractivity contribution in [2.24, 2.45) is 0 Å². The van der Waals surface area contributed by atoms with Gasteiger partial charge in [-0.3, -0.25) is 0 Å². The summed E-state index contributed by atoms with van der Waals surface area (Å²) < 4.78 is 27.0. The van der Waals surface area contributed by atoms with Crippen molar-refractivity contribution in [2.45, 2.75) is 37.8 Å². The number of halogens is 2. The Kier molecular flexibility index (Phi) is 2.02. The highest BCUT2D eigenvalue weighted by Gasteiger charge is 2.32. The average Bonchev–Trinajstić information content (AvgIpc) is 2.91. The quantitative estimate of drug-likeness (QED) is 0.789. The van der Waals surface area contributed by atoms with Gasteiger partial charge in [0.15, 0.2) is 0 Å². The van der Waals surface area contributed by atoms with Crippen LogP contribution in [0.5, 0.6) is 0 Å². The third-order valence-electron chi connectivity index (χ3n) is 3.29. The van der Waals surface area contributed by atoms with E-state index < -0.39 is 0 Å². The van der Waals surface area contributed by atoms with Crippen LogP contribution in [0.15, 0.2) is 12.1 Å². The maximum absolute atomic E-state index is 13.6. The molecule has 1 atom stereocenters. The van der Waals surface area contributed by atoms with Gasteiger partial charge >= 0.3 is 0 Å². The molecule has 0 aliphatic heterocycles. The third kappa shape index (κ3) is 1.55. The molecule has 0 heterocycles. The molecule has 0 amide bonds. The van der Waals surface area contributed by atoms with Crippen molar-refractivity contribution in [3.05, 3.63) is 34.9 Å². The minimum atomic E-state index is -0.262. The van der Waals surface area contributed by atoms with Crippen molar-refractivity contribution in [3.8, 4) is 0 Å². The molecule has 80 valence electrons. The van der Waals surface area contributed by atoms with E-state index in [0.717, 1.165) is 6.42 Å². The molecule has 3 rings (SSSR count). The van der Waals surface area contributed by atoms with Crippen molar-refractivity contribution < 1.29 is 8.78 Å². The molecule has 2 aliphatic rings. The number of benzene rings is 1. The third-order valence-corrected chi connectivity index (χ3v) is 3.29. The van der Waals surface area contributed by atoms with E-state index in [4.69, 9.17) is 0 Å². The Balaban J connectivity index is 1.96. The van der Waals surface area contributed by atoms with Crippen LogP contribution in [0.1, 0.15) is 36.4 Å². The Labute approximate surface area is 87.5 Å². The van der Waals surface area contributed by atoms with Gasteiger partial charge in [0.05, 0.1) is 0 Å². The molecule has 0 radical (unpaired) electrons. The minimum absolute atomic E-state index is 0.0307. The zero-order valence-corrected chi connectivity index (χ0v) is 8.39. The minimum Gasteiger partial charge on any atom is -0.307 e. The summed E-state index contributed by atoms with van der Waals surface area (Å²) in [5, 5.41) is 3.37. The van der Waals surface area contributed by atoms with Gasteiger partial charge in [0.1, 0.15) is 11.6 Å². The first kappa shape index (κ1) is 9.28. The summed E-state index contributed by atoms with van der Waals surface area (Å²) in [6, 6.07) is 3.03. The molecule has 15 heavy (non-hydrogen) atoms. The lowest BCUT2D eigenvalue weighted by Gasteiger charge is -2.13. The molecule has 0 spiro atoms. The second-order valence-electron chi connectivity index (χ2n) is 4.45. The number of nitrogens with one attached hydrogen (secondary N) is 1. The molecule has 1 aromatic rings. The highest BCUT2D eigenvalue weighted by Crippen LogP contribution is 2.37. The zero-order valence-electron chi connectivity index (χ0n) is 8.39. The van der Waals surface area contributed by atoms with Gasteiger partial charge in [0.25, 0.3) is 0 Å². The fraction of sp³-hybridized carbons (Fsp3) is 0.500. The molecule has 0 saturated heterocycles. The highest BCUT2D eigenvalue weighted by atomic mass is 19.1. The van der Waals surface area contributed by atoms with Gasteiger partial charge in [-0.05, 0) is 43.4 Å². The highest BCUT2D eigenvalue weighted by molar-refractivity contribution is 5.37. The summed E-state index contributed by atoms with van der Waals surface area (Å²) in [5.74, 6) is -0.520. The number of fused-ring (bicyclic) bond motifs is 1. The molecule has 1 aromatic carbocycles. The summed E-state index contributed by atoms with van der Waals surface area (Å²) in [7, 11) is 0. The van der Waals surface area contributed by atoms with Gasteiger partial charge in [-0.2, -0.15) is 0 Å². The van der Waals surface area contributed by atoms with E-state index in [-0.39, 0.29) is 17.7 Å². The van der Waals surface area contributed by atoms with Crippen molar-refractivity contribution in [1.29, 1.82) is 0 Å². The lowest BCUT2D eigenvalue weighted by atomic mass is 10.1. The zero-order chi connectivity index (χ0) is 10.4. The number of hydrogen-bond donors (Lipinski definition) is 1. The Hall–Kier alpha value is -0.960. The summed E-state index contributed by atoms with van der Waals surface area (Å²) in [5.41, 5.74) is 1.15. The molecule has 0 aromatic heterocycles. The first-order valence-electron chi connectivity index (χ1n) is 5.48. The molecular weight excluding hydrogens is 196 g/mol. The maximum atomic E-state index is 13.6. The second kappa shape index (κ2) is 3.27. The predicted molar refractivity (Wildman–Crippen MR) is 53.6 cm³/mol. The van der Waals surface area contributed by atoms with Crippen LogP contribution >= 0.6 is 0 Å². The lowest BCUT2D eigenvalue weighted by molar-refractivity contribution is 0.500. The van der Waals surface area contributed by atoms with Gasteiger partial charge in [-0.1, -0.05) is 0 Å². The summed E-state index contributed by atoms with van der Waals surface area (Å²) >= 11 is 0. The Morgan fingerprint density at radius 2 is 1.80 bits per heavy atom. The Bertz CT molecular complexity index is 399. The summed E-state index contributed by atoms with van der Waals surface area (Å²) in [6.45, 7) is 0. The molecule has 1 saturated carbocycles. The fourth-order valence-electron chi connectivity index (χ4n) is 2.37. The van der Waals surface area contributed by atoms with Gasteiger partial charge < -0.3 is 5.32 Å². The smallest absolute Gasteiger partial charge is 0.128 e. The molecule has 1 unspecified atom stereocenters. The van der Waals surface area contributed by atoms with E-state index in [0.29, 0.717) is 23.6 Å². The SMILES string of the molecule is Fc1ccc(F)c2c1CCC2NC1CC1. The molecule has 1 nitrogen and oxygen atoms in total. The molecule has 0 bridgehead atoms. The van der Waals surface area contributed by atoms with Gasteiger partial charge in [-0.25, -0.2) is 8.78 Å². The van der Waals surface area contributed by atoms with Gasteiger partial charge in [-0.15, -0.1) is 0 Å².